The van der Waals surface area contributed by atoms with Crippen LogP contribution in [0.3, 0.4) is 0 Å². The number of nitrogens with zero attached hydrogens (tertiary/aromatic N) is 2. The molecule has 1 N–H and O–H groups in total. The van der Waals surface area contributed by atoms with Gasteiger partial charge in [-0.2, -0.15) is 0 Å². The first-order valence-electron chi connectivity index (χ1n) is 7.65. The fraction of sp³-hybridized carbons (Fsp3) is 0.625. The zero-order chi connectivity index (χ0) is 15.2. The van der Waals surface area contributed by atoms with Crippen LogP contribution in [-0.2, 0) is 13.0 Å². The van der Waals surface area contributed by atoms with E-state index in [2.05, 4.69) is 0 Å². The van der Waals surface area contributed by atoms with Gasteiger partial charge in [0.1, 0.15) is 0 Å². The number of amides is 1. The molecule has 1 saturated heterocycles. The summed E-state index contributed by atoms with van der Waals surface area (Å²) in [7, 11) is 0. The van der Waals surface area contributed by atoms with E-state index in [0.29, 0.717) is 18.7 Å². The third-order valence-corrected chi connectivity index (χ3v) is 4.65. The average molecular weight is 290 g/mol. The van der Waals surface area contributed by atoms with E-state index >= 15 is 0 Å². The molecule has 3 rings (SSSR count). The minimum absolute atomic E-state index is 0.0282. The molecule has 0 aliphatic carbocycles. The van der Waals surface area contributed by atoms with E-state index < -0.39 is 5.60 Å². The molecule has 114 valence electrons. The lowest BCUT2D eigenvalue weighted by Crippen LogP contribution is -2.48. The lowest BCUT2D eigenvalue weighted by molar-refractivity contribution is 0.000264. The second-order valence-corrected chi connectivity index (χ2v) is 6.60. The Balaban J connectivity index is 1.97. The minimum atomic E-state index is -0.902. The molecule has 2 aliphatic rings. The number of hydrogen-bond donors (Lipinski definition) is 1. The fourth-order valence-corrected chi connectivity index (χ4v) is 3.63. The van der Waals surface area contributed by atoms with Crippen molar-refractivity contribution in [2.75, 3.05) is 6.54 Å². The third-order valence-electron chi connectivity index (χ3n) is 4.65. The molecule has 1 fully saturated rings. The van der Waals surface area contributed by atoms with E-state index in [-0.39, 0.29) is 17.5 Å². The standard InChI is InChI=1S/C16H22N2O3/c1-16(2,21)13-6-4-10-18(13)15(20)11-7-8-14(19)17-9-3-5-12(11)17/h7-8,13,21H,3-6,9-10H2,1-2H3/t13-/m0/s1. The van der Waals surface area contributed by atoms with Crippen molar-refractivity contribution < 1.29 is 9.90 Å². The maximum Gasteiger partial charge on any atom is 0.255 e. The first-order chi connectivity index (χ1) is 9.89. The minimum Gasteiger partial charge on any atom is -0.388 e. The van der Waals surface area contributed by atoms with E-state index in [0.717, 1.165) is 31.4 Å². The summed E-state index contributed by atoms with van der Waals surface area (Å²) in [5.41, 5.74) is 0.553. The number of rotatable bonds is 2. The van der Waals surface area contributed by atoms with Gasteiger partial charge in [0.15, 0.2) is 0 Å². The molecule has 0 saturated carbocycles. The van der Waals surface area contributed by atoms with Gasteiger partial charge in [-0.05, 0) is 45.6 Å². The predicted molar refractivity (Wildman–Crippen MR) is 79.4 cm³/mol. The number of carbonyl (C=O) groups excluding carboxylic acids is 1. The van der Waals surface area contributed by atoms with Crippen molar-refractivity contribution in [1.82, 2.24) is 9.47 Å². The zero-order valence-corrected chi connectivity index (χ0v) is 12.6. The quantitative estimate of drug-likeness (QED) is 0.889. The summed E-state index contributed by atoms with van der Waals surface area (Å²) in [6, 6.07) is 2.98. The molecule has 1 amide bonds. The lowest BCUT2D eigenvalue weighted by atomic mass is 9.96. The molecule has 5 heteroatoms. The van der Waals surface area contributed by atoms with E-state index in [1.807, 2.05) is 0 Å². The summed E-state index contributed by atoms with van der Waals surface area (Å²) in [6.45, 7) is 4.88. The third kappa shape index (κ3) is 2.39. The fourth-order valence-electron chi connectivity index (χ4n) is 3.63. The maximum absolute atomic E-state index is 12.9. The van der Waals surface area contributed by atoms with Crippen LogP contribution in [0.15, 0.2) is 16.9 Å². The zero-order valence-electron chi connectivity index (χ0n) is 12.6. The molecule has 1 aromatic heterocycles. The van der Waals surface area contributed by atoms with Crippen LogP contribution in [0.5, 0.6) is 0 Å². The van der Waals surface area contributed by atoms with Crippen molar-refractivity contribution >= 4 is 5.91 Å². The molecular weight excluding hydrogens is 268 g/mol. The topological polar surface area (TPSA) is 62.5 Å². The normalized spacial score (nSPS) is 21.7. The molecule has 5 nitrogen and oxygen atoms in total. The number of hydrogen-bond acceptors (Lipinski definition) is 3. The highest BCUT2D eigenvalue weighted by atomic mass is 16.3. The molecule has 0 unspecified atom stereocenters. The van der Waals surface area contributed by atoms with E-state index in [1.54, 1.807) is 29.4 Å². The average Bonchev–Trinajstić information content (AvgIpc) is 3.07. The number of aromatic nitrogens is 1. The second kappa shape index (κ2) is 4.98. The Kier molecular flexibility index (Phi) is 3.40. The second-order valence-electron chi connectivity index (χ2n) is 6.60. The predicted octanol–water partition coefficient (Wildman–Crippen LogP) is 1.17. The largest absolute Gasteiger partial charge is 0.388 e. The summed E-state index contributed by atoms with van der Waals surface area (Å²) in [6.07, 6.45) is 3.42. The van der Waals surface area contributed by atoms with E-state index in [9.17, 15) is 14.7 Å². The van der Waals surface area contributed by atoms with Crippen LogP contribution >= 0.6 is 0 Å². The number of pyridine rings is 1. The Labute approximate surface area is 124 Å². The van der Waals surface area contributed by atoms with Crippen LogP contribution in [-0.4, -0.2) is 38.7 Å². The number of fused-ring (bicyclic) bond motifs is 1. The summed E-state index contributed by atoms with van der Waals surface area (Å²) in [5.74, 6) is -0.0507. The molecule has 0 bridgehead atoms. The molecule has 1 atom stereocenters. The Morgan fingerprint density at radius 2 is 2.05 bits per heavy atom. The van der Waals surface area contributed by atoms with Gasteiger partial charge >= 0.3 is 0 Å². The molecule has 21 heavy (non-hydrogen) atoms. The Morgan fingerprint density at radius 1 is 1.29 bits per heavy atom. The monoisotopic (exact) mass is 290 g/mol. The van der Waals surface area contributed by atoms with Gasteiger partial charge in [-0.15, -0.1) is 0 Å². The SMILES string of the molecule is CC(C)(O)[C@@H]1CCCN1C(=O)c1ccc(=O)n2c1CCC2. The molecule has 3 heterocycles. The van der Waals surface area contributed by atoms with Crippen LogP contribution in [0, 0.1) is 0 Å². The van der Waals surface area contributed by atoms with Crippen LogP contribution in [0.2, 0.25) is 0 Å². The summed E-state index contributed by atoms with van der Waals surface area (Å²) in [5, 5.41) is 10.3. The van der Waals surface area contributed by atoms with Crippen LogP contribution in [0.4, 0.5) is 0 Å². The number of carbonyl (C=O) groups is 1. The van der Waals surface area contributed by atoms with Crippen molar-refractivity contribution in [1.29, 1.82) is 0 Å². The molecule has 0 radical (unpaired) electrons. The number of likely N-dealkylation sites (tertiary alicyclic amines) is 1. The van der Waals surface area contributed by atoms with Crippen molar-refractivity contribution in [3.05, 3.63) is 33.7 Å². The van der Waals surface area contributed by atoms with Crippen molar-refractivity contribution in [2.45, 2.75) is 57.7 Å². The molecule has 2 aliphatic heterocycles. The smallest absolute Gasteiger partial charge is 0.255 e. The maximum atomic E-state index is 12.9. The first kappa shape index (κ1) is 14.3. The Hall–Kier alpha value is -1.62. The molecule has 0 spiro atoms. The summed E-state index contributed by atoms with van der Waals surface area (Å²) >= 11 is 0. The highest BCUT2D eigenvalue weighted by molar-refractivity contribution is 5.95. The van der Waals surface area contributed by atoms with Crippen LogP contribution in [0.25, 0.3) is 0 Å². The Bertz CT molecular complexity index is 627. The number of aliphatic hydroxyl groups is 1. The van der Waals surface area contributed by atoms with Gasteiger partial charge in [0, 0.05) is 24.8 Å². The van der Waals surface area contributed by atoms with E-state index in [4.69, 9.17) is 0 Å². The van der Waals surface area contributed by atoms with Gasteiger partial charge < -0.3 is 14.6 Å². The molecular formula is C16H22N2O3. The van der Waals surface area contributed by atoms with Gasteiger partial charge in [0.2, 0.25) is 0 Å². The summed E-state index contributed by atoms with van der Waals surface area (Å²) in [4.78, 5) is 26.5. The van der Waals surface area contributed by atoms with Crippen molar-refractivity contribution in [3.63, 3.8) is 0 Å². The molecule has 0 aromatic carbocycles. The molecule has 1 aromatic rings. The van der Waals surface area contributed by atoms with Crippen molar-refractivity contribution in [2.24, 2.45) is 0 Å². The van der Waals surface area contributed by atoms with Gasteiger partial charge in [0.25, 0.3) is 11.5 Å². The van der Waals surface area contributed by atoms with Gasteiger partial charge in [-0.25, -0.2) is 0 Å². The first-order valence-corrected chi connectivity index (χ1v) is 7.65. The highest BCUT2D eigenvalue weighted by Gasteiger charge is 2.39. The highest BCUT2D eigenvalue weighted by Crippen LogP contribution is 2.29. The van der Waals surface area contributed by atoms with Gasteiger partial charge in [0.05, 0.1) is 17.2 Å². The van der Waals surface area contributed by atoms with Gasteiger partial charge in [-0.1, -0.05) is 0 Å². The van der Waals surface area contributed by atoms with Crippen LogP contribution < -0.4 is 5.56 Å². The Morgan fingerprint density at radius 3 is 2.76 bits per heavy atom. The van der Waals surface area contributed by atoms with Crippen molar-refractivity contribution in [3.8, 4) is 0 Å². The lowest BCUT2D eigenvalue weighted by Gasteiger charge is -2.34. The van der Waals surface area contributed by atoms with E-state index in [1.165, 1.54) is 6.07 Å². The van der Waals surface area contributed by atoms with Crippen LogP contribution in [0.1, 0.15) is 49.2 Å². The summed E-state index contributed by atoms with van der Waals surface area (Å²) < 4.78 is 1.71. The van der Waals surface area contributed by atoms with Gasteiger partial charge in [-0.3, -0.25) is 9.59 Å².